The maximum Gasteiger partial charge on any atom is 0.417 e. The second kappa shape index (κ2) is 6.53. The van der Waals surface area contributed by atoms with Crippen LogP contribution in [0.3, 0.4) is 0 Å². The van der Waals surface area contributed by atoms with Gasteiger partial charge in [0.2, 0.25) is 0 Å². The van der Waals surface area contributed by atoms with Gasteiger partial charge in [-0.25, -0.2) is 9.97 Å². The van der Waals surface area contributed by atoms with Crippen LogP contribution in [0.5, 0.6) is 0 Å². The predicted molar refractivity (Wildman–Crippen MR) is 99.6 cm³/mol. The Morgan fingerprint density at radius 2 is 1.81 bits per heavy atom. The Kier molecular flexibility index (Phi) is 4.43. The van der Waals surface area contributed by atoms with E-state index < -0.39 is 11.7 Å². The number of likely N-dealkylation sites (N-methyl/N-ethyl adjacent to an activating group) is 1. The summed E-state index contributed by atoms with van der Waals surface area (Å²) in [5.41, 5.74) is 1.31. The Hall–Kier alpha value is -2.06. The van der Waals surface area contributed by atoms with E-state index in [4.69, 9.17) is 11.6 Å². The van der Waals surface area contributed by atoms with Crippen molar-refractivity contribution in [1.82, 2.24) is 19.3 Å². The molecule has 0 N–H and O–H groups in total. The minimum atomic E-state index is -4.53. The van der Waals surface area contributed by atoms with E-state index in [1.807, 2.05) is 6.92 Å². The second-order valence-corrected chi connectivity index (χ2v) is 7.23. The lowest BCUT2D eigenvalue weighted by Gasteiger charge is -2.33. The summed E-state index contributed by atoms with van der Waals surface area (Å²) in [5, 5.41) is -0.345. The molecule has 3 heterocycles. The van der Waals surface area contributed by atoms with Crippen molar-refractivity contribution in [1.29, 1.82) is 0 Å². The summed E-state index contributed by atoms with van der Waals surface area (Å²) < 4.78 is 41.6. The highest BCUT2D eigenvalue weighted by atomic mass is 35.5. The zero-order valence-electron chi connectivity index (χ0n) is 15.0. The minimum Gasteiger partial charge on any atom is -0.351 e. The molecule has 0 saturated carbocycles. The van der Waals surface area contributed by atoms with Gasteiger partial charge in [-0.3, -0.25) is 4.40 Å². The molecule has 1 aliphatic rings. The fourth-order valence-electron chi connectivity index (χ4n) is 3.39. The van der Waals surface area contributed by atoms with E-state index in [9.17, 15) is 13.2 Å². The van der Waals surface area contributed by atoms with Crippen LogP contribution in [-0.4, -0.2) is 52.5 Å². The molecule has 5 nitrogen and oxygen atoms in total. The highest BCUT2D eigenvalue weighted by Crippen LogP contribution is 2.38. The monoisotopic (exact) mass is 397 g/mol. The Morgan fingerprint density at radius 1 is 1.11 bits per heavy atom. The molecule has 1 aromatic carbocycles. The molecule has 0 unspecified atom stereocenters. The van der Waals surface area contributed by atoms with Gasteiger partial charge in [0.25, 0.3) is 0 Å². The topological polar surface area (TPSA) is 36.7 Å². The van der Waals surface area contributed by atoms with E-state index >= 15 is 0 Å². The Morgan fingerprint density at radius 3 is 2.44 bits per heavy atom. The standard InChI is InChI=1S/C18H19ClF3N5/c1-3-11-10-27-15-8-12(18(20,21)22)13(19)9-14(15)24-16(17(27)23-11)26-6-4-25(2)5-7-26/h8-10H,3-7H2,1-2H3. The van der Waals surface area contributed by atoms with Crippen molar-refractivity contribution in [2.75, 3.05) is 38.1 Å². The summed E-state index contributed by atoms with van der Waals surface area (Å²) in [6.07, 6.45) is -2.06. The molecule has 0 radical (unpaired) electrons. The van der Waals surface area contributed by atoms with E-state index in [0.717, 1.165) is 37.9 Å². The maximum absolute atomic E-state index is 13.3. The molecule has 0 bridgehead atoms. The van der Waals surface area contributed by atoms with Gasteiger partial charge in [0, 0.05) is 32.4 Å². The van der Waals surface area contributed by atoms with Gasteiger partial charge in [-0.05, 0) is 25.6 Å². The molecule has 4 rings (SSSR count). The number of rotatable bonds is 2. The highest BCUT2D eigenvalue weighted by Gasteiger charge is 2.34. The SMILES string of the molecule is CCc1cn2c(n1)c(N1CCN(C)CC1)nc1cc(Cl)c(C(F)(F)F)cc12. The lowest BCUT2D eigenvalue weighted by atomic mass is 10.1. The van der Waals surface area contributed by atoms with E-state index in [-0.39, 0.29) is 5.02 Å². The van der Waals surface area contributed by atoms with Gasteiger partial charge in [-0.1, -0.05) is 18.5 Å². The fourth-order valence-corrected chi connectivity index (χ4v) is 3.65. The maximum atomic E-state index is 13.3. The van der Waals surface area contributed by atoms with Crippen LogP contribution in [0.2, 0.25) is 5.02 Å². The lowest BCUT2D eigenvalue weighted by Crippen LogP contribution is -2.45. The molecule has 0 amide bonds. The molecule has 2 aromatic heterocycles. The smallest absolute Gasteiger partial charge is 0.351 e. The van der Waals surface area contributed by atoms with Crippen LogP contribution in [0.15, 0.2) is 18.3 Å². The molecule has 1 fully saturated rings. The van der Waals surface area contributed by atoms with Gasteiger partial charge < -0.3 is 9.80 Å². The number of aryl methyl sites for hydroxylation is 1. The van der Waals surface area contributed by atoms with E-state index in [0.29, 0.717) is 28.9 Å². The number of halogens is 4. The minimum absolute atomic E-state index is 0.345. The number of aromatic nitrogens is 3. The van der Waals surface area contributed by atoms with Crippen LogP contribution in [0.4, 0.5) is 19.0 Å². The predicted octanol–water partition coefficient (Wildman–Crippen LogP) is 3.87. The second-order valence-electron chi connectivity index (χ2n) is 6.82. The van der Waals surface area contributed by atoms with Gasteiger partial charge in [0.15, 0.2) is 11.5 Å². The third-order valence-electron chi connectivity index (χ3n) is 4.98. The molecule has 1 saturated heterocycles. The summed E-state index contributed by atoms with van der Waals surface area (Å²) in [4.78, 5) is 13.6. The Bertz CT molecular complexity index is 1010. The quantitative estimate of drug-likeness (QED) is 0.657. The van der Waals surface area contributed by atoms with Crippen LogP contribution in [0, 0.1) is 0 Å². The summed E-state index contributed by atoms with van der Waals surface area (Å²) in [7, 11) is 2.06. The molecular formula is C18H19ClF3N5. The van der Waals surface area contributed by atoms with Gasteiger partial charge in [-0.2, -0.15) is 13.2 Å². The number of imidazole rings is 1. The van der Waals surface area contributed by atoms with E-state index in [2.05, 4.69) is 26.8 Å². The van der Waals surface area contributed by atoms with E-state index in [1.54, 1.807) is 10.6 Å². The van der Waals surface area contributed by atoms with Crippen molar-refractivity contribution in [2.45, 2.75) is 19.5 Å². The van der Waals surface area contributed by atoms with Crippen LogP contribution < -0.4 is 4.90 Å². The first-order valence-corrected chi connectivity index (χ1v) is 9.17. The number of benzene rings is 1. The largest absolute Gasteiger partial charge is 0.417 e. The van der Waals surface area contributed by atoms with E-state index in [1.165, 1.54) is 6.07 Å². The van der Waals surface area contributed by atoms with Crippen LogP contribution >= 0.6 is 11.6 Å². The zero-order valence-corrected chi connectivity index (χ0v) is 15.8. The fraction of sp³-hybridized carbons (Fsp3) is 0.444. The first-order valence-electron chi connectivity index (χ1n) is 8.80. The normalized spacial score (nSPS) is 16.6. The van der Waals surface area contributed by atoms with Gasteiger partial charge in [0.05, 0.1) is 27.3 Å². The van der Waals surface area contributed by atoms with Crippen molar-refractivity contribution < 1.29 is 13.2 Å². The number of nitrogens with zero attached hydrogens (tertiary/aromatic N) is 5. The Labute approximate surface area is 159 Å². The van der Waals surface area contributed by atoms with Crippen molar-refractivity contribution in [2.24, 2.45) is 0 Å². The van der Waals surface area contributed by atoms with Gasteiger partial charge in [-0.15, -0.1) is 0 Å². The zero-order chi connectivity index (χ0) is 19.3. The molecule has 0 aliphatic carbocycles. The summed E-state index contributed by atoms with van der Waals surface area (Å²) in [6, 6.07) is 2.36. The summed E-state index contributed by atoms with van der Waals surface area (Å²) in [5.74, 6) is 0.686. The average molecular weight is 398 g/mol. The Balaban J connectivity index is 1.97. The van der Waals surface area contributed by atoms with Crippen LogP contribution in [-0.2, 0) is 12.6 Å². The number of alkyl halides is 3. The van der Waals surface area contributed by atoms with Crippen molar-refractivity contribution in [3.8, 4) is 0 Å². The number of hydrogen-bond donors (Lipinski definition) is 0. The van der Waals surface area contributed by atoms with Crippen molar-refractivity contribution in [3.63, 3.8) is 0 Å². The number of piperazine rings is 1. The van der Waals surface area contributed by atoms with Crippen LogP contribution in [0.1, 0.15) is 18.2 Å². The number of fused-ring (bicyclic) bond motifs is 3. The lowest BCUT2D eigenvalue weighted by molar-refractivity contribution is -0.137. The third-order valence-corrected chi connectivity index (χ3v) is 5.29. The highest BCUT2D eigenvalue weighted by molar-refractivity contribution is 6.32. The molecule has 27 heavy (non-hydrogen) atoms. The third kappa shape index (κ3) is 3.21. The van der Waals surface area contributed by atoms with Gasteiger partial charge in [0.1, 0.15) is 0 Å². The molecule has 3 aromatic rings. The molecule has 144 valence electrons. The summed E-state index contributed by atoms with van der Waals surface area (Å²) in [6.45, 7) is 5.31. The molecule has 9 heteroatoms. The average Bonchev–Trinajstić information content (AvgIpc) is 3.04. The first kappa shape index (κ1) is 18.3. The van der Waals surface area contributed by atoms with Crippen molar-refractivity contribution in [3.05, 3.63) is 34.6 Å². The molecule has 0 atom stereocenters. The molecular weight excluding hydrogens is 379 g/mol. The number of anilines is 1. The first-order chi connectivity index (χ1) is 12.8. The van der Waals surface area contributed by atoms with Crippen molar-refractivity contribution >= 4 is 34.1 Å². The number of hydrogen-bond acceptors (Lipinski definition) is 4. The van der Waals surface area contributed by atoms with Crippen LogP contribution in [0.25, 0.3) is 16.7 Å². The van der Waals surface area contributed by atoms with Gasteiger partial charge >= 0.3 is 6.18 Å². The summed E-state index contributed by atoms with van der Waals surface area (Å²) >= 11 is 5.92. The molecule has 1 aliphatic heterocycles. The molecule has 0 spiro atoms.